The highest BCUT2D eigenvalue weighted by atomic mass is 16.5. The molecule has 1 rings (SSSR count). The van der Waals surface area contributed by atoms with E-state index in [1.54, 1.807) is 0 Å². The second kappa shape index (κ2) is 6.35. The molecule has 2 atom stereocenters. The Hall–Kier alpha value is -1.16. The van der Waals surface area contributed by atoms with Crippen LogP contribution in [-0.4, -0.2) is 23.9 Å². The van der Waals surface area contributed by atoms with Crippen LogP contribution in [0.5, 0.6) is 0 Å². The molecule has 3 nitrogen and oxygen atoms in total. The quantitative estimate of drug-likeness (QED) is 0.686. The first kappa shape index (κ1) is 11.9. The molecule has 0 aliphatic rings. The lowest BCUT2D eigenvalue weighted by atomic mass is 10.2. The molecule has 3 N–H and O–H groups in total. The van der Waals surface area contributed by atoms with Gasteiger partial charge in [0.25, 0.3) is 0 Å². The summed E-state index contributed by atoms with van der Waals surface area (Å²) < 4.78 is 5.33. The third-order valence-electron chi connectivity index (χ3n) is 2.12. The molecule has 15 heavy (non-hydrogen) atoms. The Balaban J connectivity index is 2.25. The van der Waals surface area contributed by atoms with Crippen LogP contribution in [-0.2, 0) is 11.3 Å². The van der Waals surface area contributed by atoms with Crippen LogP contribution in [0, 0.1) is 0 Å². The molecule has 0 amide bonds. The Morgan fingerprint density at radius 3 is 2.67 bits per heavy atom. The van der Waals surface area contributed by atoms with Crippen molar-refractivity contribution in [3.8, 4) is 0 Å². The van der Waals surface area contributed by atoms with Crippen LogP contribution in [0.15, 0.2) is 43.0 Å². The molecule has 0 aromatic heterocycles. The van der Waals surface area contributed by atoms with Crippen LogP contribution >= 0.6 is 0 Å². The largest absolute Gasteiger partial charge is 0.389 e. The Morgan fingerprint density at radius 1 is 1.40 bits per heavy atom. The summed E-state index contributed by atoms with van der Waals surface area (Å²) >= 11 is 0. The summed E-state index contributed by atoms with van der Waals surface area (Å²) in [5.41, 5.74) is 6.63. The van der Waals surface area contributed by atoms with Gasteiger partial charge in [0, 0.05) is 0 Å². The molecule has 0 aliphatic heterocycles. The fraction of sp³-hybridized carbons (Fsp3) is 0.333. The molecular weight excluding hydrogens is 190 g/mol. The highest BCUT2D eigenvalue weighted by Crippen LogP contribution is 2.01. The lowest BCUT2D eigenvalue weighted by Gasteiger charge is -2.15. The van der Waals surface area contributed by atoms with Gasteiger partial charge in [0.15, 0.2) is 0 Å². The Kier molecular flexibility index (Phi) is 5.04. The number of hydrogen-bond acceptors (Lipinski definition) is 3. The second-order valence-corrected chi connectivity index (χ2v) is 3.38. The summed E-state index contributed by atoms with van der Waals surface area (Å²) in [7, 11) is 0. The van der Waals surface area contributed by atoms with Gasteiger partial charge in [-0.2, -0.15) is 0 Å². The Labute approximate surface area is 90.2 Å². The third-order valence-corrected chi connectivity index (χ3v) is 2.12. The van der Waals surface area contributed by atoms with E-state index in [1.165, 1.54) is 6.08 Å². The monoisotopic (exact) mass is 207 g/mol. The molecule has 1 aromatic rings. The molecular formula is C12H17NO2. The zero-order valence-electron chi connectivity index (χ0n) is 8.67. The van der Waals surface area contributed by atoms with Crippen molar-refractivity contribution in [1.82, 2.24) is 0 Å². The summed E-state index contributed by atoms with van der Waals surface area (Å²) in [6.07, 6.45) is 0.822. The van der Waals surface area contributed by atoms with Crippen molar-refractivity contribution in [1.29, 1.82) is 0 Å². The van der Waals surface area contributed by atoms with Crippen molar-refractivity contribution >= 4 is 0 Å². The van der Waals surface area contributed by atoms with Crippen LogP contribution in [0.3, 0.4) is 0 Å². The van der Waals surface area contributed by atoms with Gasteiger partial charge in [-0.1, -0.05) is 36.4 Å². The first-order valence-electron chi connectivity index (χ1n) is 4.92. The number of benzene rings is 1. The summed E-state index contributed by atoms with van der Waals surface area (Å²) in [6.45, 7) is 4.22. The van der Waals surface area contributed by atoms with Gasteiger partial charge in [-0.05, 0) is 5.56 Å². The van der Waals surface area contributed by atoms with E-state index in [-0.39, 0.29) is 6.61 Å². The number of aliphatic hydroxyl groups is 1. The van der Waals surface area contributed by atoms with E-state index >= 15 is 0 Å². The van der Waals surface area contributed by atoms with E-state index in [0.717, 1.165) is 5.56 Å². The predicted octanol–water partition coefficient (Wildman–Crippen LogP) is 1.08. The molecule has 0 heterocycles. The van der Waals surface area contributed by atoms with Gasteiger partial charge in [0.1, 0.15) is 0 Å². The van der Waals surface area contributed by atoms with Crippen molar-refractivity contribution in [2.75, 3.05) is 6.61 Å². The number of aliphatic hydroxyl groups excluding tert-OH is 1. The zero-order valence-corrected chi connectivity index (χ0v) is 8.67. The van der Waals surface area contributed by atoms with E-state index in [4.69, 9.17) is 10.5 Å². The van der Waals surface area contributed by atoms with Crippen LogP contribution in [0.4, 0.5) is 0 Å². The molecule has 0 saturated carbocycles. The maximum atomic E-state index is 9.47. The van der Waals surface area contributed by atoms with E-state index in [2.05, 4.69) is 6.58 Å². The highest BCUT2D eigenvalue weighted by Gasteiger charge is 2.10. The van der Waals surface area contributed by atoms with Gasteiger partial charge in [0.2, 0.25) is 0 Å². The summed E-state index contributed by atoms with van der Waals surface area (Å²) in [5, 5.41) is 9.47. The Bertz CT molecular complexity index is 287. The smallest absolute Gasteiger partial charge is 0.0959 e. The number of ether oxygens (including phenoxy) is 1. The molecule has 0 fully saturated rings. The SMILES string of the molecule is C=C[C@@H](N)[C@@H](O)COCc1ccccc1. The van der Waals surface area contributed by atoms with Crippen LogP contribution in [0.2, 0.25) is 0 Å². The Morgan fingerprint density at radius 2 is 2.07 bits per heavy atom. The average molecular weight is 207 g/mol. The van der Waals surface area contributed by atoms with Gasteiger partial charge in [-0.3, -0.25) is 0 Å². The van der Waals surface area contributed by atoms with Gasteiger partial charge in [-0.25, -0.2) is 0 Å². The molecule has 0 aliphatic carbocycles. The number of hydrogen-bond donors (Lipinski definition) is 2. The van der Waals surface area contributed by atoms with Gasteiger partial charge in [-0.15, -0.1) is 6.58 Å². The molecule has 0 radical (unpaired) electrons. The highest BCUT2D eigenvalue weighted by molar-refractivity contribution is 5.13. The van der Waals surface area contributed by atoms with Crippen molar-refractivity contribution < 1.29 is 9.84 Å². The standard InChI is InChI=1S/C12H17NO2/c1-2-11(13)12(14)9-15-8-10-6-4-3-5-7-10/h2-7,11-12,14H,1,8-9,13H2/t11-,12+/m1/s1. The summed E-state index contributed by atoms with van der Waals surface area (Å²) in [6, 6.07) is 9.36. The van der Waals surface area contributed by atoms with Crippen molar-refractivity contribution in [2.45, 2.75) is 18.8 Å². The minimum absolute atomic E-state index is 0.224. The molecule has 0 spiro atoms. The predicted molar refractivity (Wildman–Crippen MR) is 60.3 cm³/mol. The first-order valence-corrected chi connectivity index (χ1v) is 4.92. The lowest BCUT2D eigenvalue weighted by Crippen LogP contribution is -2.35. The third kappa shape index (κ3) is 4.25. The summed E-state index contributed by atoms with van der Waals surface area (Å²) in [4.78, 5) is 0. The van der Waals surface area contributed by atoms with E-state index in [0.29, 0.717) is 6.61 Å². The van der Waals surface area contributed by atoms with E-state index in [1.807, 2.05) is 30.3 Å². The van der Waals surface area contributed by atoms with E-state index < -0.39 is 12.1 Å². The van der Waals surface area contributed by atoms with Gasteiger partial charge < -0.3 is 15.6 Å². The molecule has 3 heteroatoms. The van der Waals surface area contributed by atoms with Crippen LogP contribution < -0.4 is 5.73 Å². The maximum Gasteiger partial charge on any atom is 0.0959 e. The van der Waals surface area contributed by atoms with Gasteiger partial charge >= 0.3 is 0 Å². The van der Waals surface area contributed by atoms with Crippen molar-refractivity contribution in [2.24, 2.45) is 5.73 Å². The first-order chi connectivity index (χ1) is 7.24. The van der Waals surface area contributed by atoms with Crippen molar-refractivity contribution in [3.63, 3.8) is 0 Å². The van der Waals surface area contributed by atoms with Crippen LogP contribution in [0.25, 0.3) is 0 Å². The van der Waals surface area contributed by atoms with E-state index in [9.17, 15) is 5.11 Å². The van der Waals surface area contributed by atoms with Crippen LogP contribution in [0.1, 0.15) is 5.56 Å². The maximum absolute atomic E-state index is 9.47. The fourth-order valence-corrected chi connectivity index (χ4v) is 1.14. The molecule has 1 aromatic carbocycles. The minimum Gasteiger partial charge on any atom is -0.389 e. The summed E-state index contributed by atoms with van der Waals surface area (Å²) in [5.74, 6) is 0. The van der Waals surface area contributed by atoms with Crippen molar-refractivity contribution in [3.05, 3.63) is 48.6 Å². The normalized spacial score (nSPS) is 14.5. The second-order valence-electron chi connectivity index (χ2n) is 3.38. The molecule has 0 unspecified atom stereocenters. The number of nitrogens with two attached hydrogens (primary N) is 1. The number of rotatable bonds is 6. The zero-order chi connectivity index (χ0) is 11.1. The fourth-order valence-electron chi connectivity index (χ4n) is 1.14. The molecule has 82 valence electrons. The topological polar surface area (TPSA) is 55.5 Å². The van der Waals surface area contributed by atoms with Gasteiger partial charge in [0.05, 0.1) is 25.4 Å². The minimum atomic E-state index is -0.689. The molecule has 0 saturated heterocycles. The lowest BCUT2D eigenvalue weighted by molar-refractivity contribution is 0.0229. The molecule has 0 bridgehead atoms. The average Bonchev–Trinajstić information content (AvgIpc) is 2.29.